The molecule has 8 heteroatoms. The maximum Gasteiger partial charge on any atom is 0.383 e. The van der Waals surface area contributed by atoms with Crippen LogP contribution < -0.4 is 14.8 Å². The van der Waals surface area contributed by atoms with Crippen molar-refractivity contribution in [1.29, 1.82) is 0 Å². The van der Waals surface area contributed by atoms with E-state index in [0.717, 1.165) is 0 Å². The van der Waals surface area contributed by atoms with Gasteiger partial charge in [0.15, 0.2) is 11.5 Å². The van der Waals surface area contributed by atoms with Crippen LogP contribution >= 0.6 is 0 Å². The van der Waals surface area contributed by atoms with Crippen molar-refractivity contribution in [2.24, 2.45) is 0 Å². The Balaban J connectivity index is 2.90. The summed E-state index contributed by atoms with van der Waals surface area (Å²) >= 11 is 0. The number of halogens is 4. The first-order valence-corrected chi connectivity index (χ1v) is 5.92. The second-order valence-corrected chi connectivity index (χ2v) is 4.23. The van der Waals surface area contributed by atoms with Crippen LogP contribution in [0.5, 0.6) is 11.5 Å². The highest BCUT2D eigenvalue weighted by Crippen LogP contribution is 2.30. The van der Waals surface area contributed by atoms with Gasteiger partial charge in [-0.2, -0.15) is 8.78 Å². The van der Waals surface area contributed by atoms with Gasteiger partial charge in [-0.15, -0.1) is 0 Å². The third-order valence-electron chi connectivity index (χ3n) is 2.83. The average Bonchev–Trinajstić information content (AvgIpc) is 2.45. The minimum atomic E-state index is -4.73. The highest BCUT2D eigenvalue weighted by molar-refractivity contribution is 5.84. The number of rotatable bonds is 6. The number of alkyl halides is 4. The average molecular weight is 309 g/mol. The molecule has 0 aliphatic rings. The lowest BCUT2D eigenvalue weighted by Crippen LogP contribution is -2.45. The monoisotopic (exact) mass is 309 g/mol. The van der Waals surface area contributed by atoms with Crippen LogP contribution in [-0.2, 0) is 4.79 Å². The summed E-state index contributed by atoms with van der Waals surface area (Å²) in [6.07, 6.45) is -4.06. The molecule has 1 N–H and O–H groups in total. The number of amides is 1. The van der Waals surface area contributed by atoms with Gasteiger partial charge < -0.3 is 14.8 Å². The molecule has 0 spiro atoms. The molecule has 0 aliphatic heterocycles. The van der Waals surface area contributed by atoms with Crippen molar-refractivity contribution in [3.8, 4) is 11.5 Å². The standard InChI is InChI=1S/C13H15F4NO3/c1-7(18-12(19)13(16,17)11(14)15)8-4-5-9(20-2)10(6-8)21-3/h4-7,11H,1-3H3,(H,18,19). The van der Waals surface area contributed by atoms with Crippen molar-refractivity contribution in [3.05, 3.63) is 23.8 Å². The predicted octanol–water partition coefficient (Wildman–Crippen LogP) is 2.78. The Kier molecular flexibility index (Phi) is 5.40. The molecule has 0 saturated heterocycles. The maximum atomic E-state index is 12.9. The number of carbonyl (C=O) groups excluding carboxylic acids is 1. The Morgan fingerprint density at radius 3 is 2.24 bits per heavy atom. The molecule has 0 bridgehead atoms. The molecule has 0 fully saturated rings. The number of ether oxygens (including phenoxy) is 2. The van der Waals surface area contributed by atoms with Gasteiger partial charge >= 0.3 is 12.3 Å². The summed E-state index contributed by atoms with van der Waals surface area (Å²) in [4.78, 5) is 11.2. The van der Waals surface area contributed by atoms with Crippen LogP contribution in [0.1, 0.15) is 18.5 Å². The van der Waals surface area contributed by atoms with Crippen LogP contribution in [0.3, 0.4) is 0 Å². The van der Waals surface area contributed by atoms with Crippen LogP contribution in [0, 0.1) is 0 Å². The molecule has 1 rings (SSSR count). The van der Waals surface area contributed by atoms with Crippen molar-refractivity contribution in [1.82, 2.24) is 5.32 Å². The van der Waals surface area contributed by atoms with Gasteiger partial charge in [0.1, 0.15) is 0 Å². The summed E-state index contributed by atoms with van der Waals surface area (Å²) < 4.78 is 60.0. The van der Waals surface area contributed by atoms with Gasteiger partial charge in [-0.25, -0.2) is 8.78 Å². The predicted molar refractivity (Wildman–Crippen MR) is 67.1 cm³/mol. The van der Waals surface area contributed by atoms with E-state index in [1.165, 1.54) is 39.3 Å². The van der Waals surface area contributed by atoms with E-state index in [4.69, 9.17) is 9.47 Å². The molecular weight excluding hydrogens is 294 g/mol. The second-order valence-electron chi connectivity index (χ2n) is 4.23. The van der Waals surface area contributed by atoms with Crippen molar-refractivity contribution >= 4 is 5.91 Å². The fourth-order valence-electron chi connectivity index (χ4n) is 1.60. The molecule has 0 radical (unpaired) electrons. The minimum absolute atomic E-state index is 0.330. The number of nitrogens with one attached hydrogen (secondary N) is 1. The van der Waals surface area contributed by atoms with Gasteiger partial charge in [-0.05, 0) is 24.6 Å². The molecule has 0 aromatic heterocycles. The Hall–Kier alpha value is -1.99. The molecule has 4 nitrogen and oxygen atoms in total. The van der Waals surface area contributed by atoms with Crippen molar-refractivity contribution in [2.45, 2.75) is 25.3 Å². The molecule has 1 unspecified atom stereocenters. The fourth-order valence-corrected chi connectivity index (χ4v) is 1.60. The number of methoxy groups -OCH3 is 2. The van der Waals surface area contributed by atoms with Gasteiger partial charge in [0.05, 0.1) is 20.3 Å². The van der Waals surface area contributed by atoms with Crippen LogP contribution in [0.2, 0.25) is 0 Å². The molecule has 1 atom stereocenters. The highest BCUT2D eigenvalue weighted by Gasteiger charge is 2.49. The van der Waals surface area contributed by atoms with E-state index >= 15 is 0 Å². The second kappa shape index (κ2) is 6.64. The third-order valence-corrected chi connectivity index (χ3v) is 2.83. The number of benzene rings is 1. The summed E-state index contributed by atoms with van der Waals surface area (Å²) in [6, 6.07) is 3.58. The first kappa shape index (κ1) is 17.1. The number of carbonyl (C=O) groups is 1. The van der Waals surface area contributed by atoms with Crippen LogP contribution in [-0.4, -0.2) is 32.5 Å². The van der Waals surface area contributed by atoms with Gasteiger partial charge in [0, 0.05) is 0 Å². The van der Waals surface area contributed by atoms with E-state index in [1.807, 2.05) is 5.32 Å². The smallest absolute Gasteiger partial charge is 0.383 e. The van der Waals surface area contributed by atoms with Crippen LogP contribution in [0.15, 0.2) is 18.2 Å². The topological polar surface area (TPSA) is 47.6 Å². The van der Waals surface area contributed by atoms with E-state index in [2.05, 4.69) is 0 Å². The zero-order valence-corrected chi connectivity index (χ0v) is 11.6. The third kappa shape index (κ3) is 3.77. The summed E-state index contributed by atoms with van der Waals surface area (Å²) in [5.74, 6) is -6.01. The molecule has 21 heavy (non-hydrogen) atoms. The van der Waals surface area contributed by atoms with E-state index < -0.39 is 24.3 Å². The van der Waals surface area contributed by atoms with E-state index in [-0.39, 0.29) is 0 Å². The summed E-state index contributed by atoms with van der Waals surface area (Å²) in [7, 11) is 2.81. The van der Waals surface area contributed by atoms with E-state index in [0.29, 0.717) is 17.1 Å². The Bertz CT molecular complexity index is 508. The molecule has 1 aromatic rings. The first-order chi connectivity index (χ1) is 9.73. The maximum absolute atomic E-state index is 12.9. The van der Waals surface area contributed by atoms with Crippen LogP contribution in [0.25, 0.3) is 0 Å². The summed E-state index contributed by atoms with van der Waals surface area (Å²) in [5.41, 5.74) is 0.408. The van der Waals surface area contributed by atoms with Crippen molar-refractivity contribution < 1.29 is 31.8 Å². The molecule has 118 valence electrons. The Morgan fingerprint density at radius 2 is 1.76 bits per heavy atom. The molecule has 1 aromatic carbocycles. The SMILES string of the molecule is COc1ccc(C(C)NC(=O)C(F)(F)C(F)F)cc1OC. The molecule has 0 aliphatic carbocycles. The number of hydrogen-bond donors (Lipinski definition) is 1. The quantitative estimate of drug-likeness (QED) is 0.822. The van der Waals surface area contributed by atoms with E-state index in [1.54, 1.807) is 0 Å². The minimum Gasteiger partial charge on any atom is -0.493 e. The summed E-state index contributed by atoms with van der Waals surface area (Å²) in [6.45, 7) is 1.39. The van der Waals surface area contributed by atoms with Gasteiger partial charge in [0.25, 0.3) is 5.91 Å². The molecular formula is C13H15F4NO3. The van der Waals surface area contributed by atoms with Crippen molar-refractivity contribution in [2.75, 3.05) is 14.2 Å². The van der Waals surface area contributed by atoms with Crippen LogP contribution in [0.4, 0.5) is 17.6 Å². The Morgan fingerprint density at radius 1 is 1.19 bits per heavy atom. The lowest BCUT2D eigenvalue weighted by atomic mass is 10.1. The normalized spacial score (nSPS) is 13.0. The van der Waals surface area contributed by atoms with Gasteiger partial charge in [-0.3, -0.25) is 4.79 Å². The van der Waals surface area contributed by atoms with Crippen molar-refractivity contribution in [3.63, 3.8) is 0 Å². The molecule has 0 saturated carbocycles. The molecule has 1 amide bonds. The largest absolute Gasteiger partial charge is 0.493 e. The lowest BCUT2D eigenvalue weighted by molar-refractivity contribution is -0.170. The van der Waals surface area contributed by atoms with E-state index in [9.17, 15) is 22.4 Å². The zero-order valence-electron chi connectivity index (χ0n) is 11.6. The zero-order chi connectivity index (χ0) is 16.2. The highest BCUT2D eigenvalue weighted by atomic mass is 19.3. The number of hydrogen-bond acceptors (Lipinski definition) is 3. The fraction of sp³-hybridized carbons (Fsp3) is 0.462. The van der Waals surface area contributed by atoms with Gasteiger partial charge in [0.2, 0.25) is 0 Å². The first-order valence-electron chi connectivity index (χ1n) is 5.92. The Labute approximate surface area is 119 Å². The van der Waals surface area contributed by atoms with Gasteiger partial charge in [-0.1, -0.05) is 6.07 Å². The molecule has 0 heterocycles. The summed E-state index contributed by atoms with van der Waals surface area (Å²) in [5, 5.41) is 1.84. The lowest BCUT2D eigenvalue weighted by Gasteiger charge is -2.20.